The Bertz CT molecular complexity index is 695. The molecular formula is C12H18N4S3. The maximum atomic E-state index is 5.41. The summed E-state index contributed by atoms with van der Waals surface area (Å²) in [6.45, 7) is 2.21. The average Bonchev–Trinajstić information content (AvgIpc) is 2.83. The smallest absolute Gasteiger partial charge is 0.182 e. The summed E-state index contributed by atoms with van der Waals surface area (Å²) in [6.07, 6.45) is 3.71. The van der Waals surface area contributed by atoms with Gasteiger partial charge in [-0.2, -0.15) is 0 Å². The highest BCUT2D eigenvalue weighted by molar-refractivity contribution is 7.99. The molecule has 0 radical (unpaired) electrons. The quantitative estimate of drug-likeness (QED) is 0.515. The third-order valence-corrected chi connectivity index (χ3v) is 5.05. The van der Waals surface area contributed by atoms with Crippen LogP contribution in [0.1, 0.15) is 26.2 Å². The van der Waals surface area contributed by atoms with Crippen LogP contribution < -0.4 is 0 Å². The van der Waals surface area contributed by atoms with Crippen LogP contribution >= 0.6 is 36.2 Å². The molecule has 0 saturated heterocycles. The number of aromatic nitrogens is 4. The lowest BCUT2D eigenvalue weighted by atomic mass is 10.3. The van der Waals surface area contributed by atoms with E-state index in [4.69, 9.17) is 24.4 Å². The van der Waals surface area contributed by atoms with Crippen LogP contribution in [0.3, 0.4) is 0 Å². The summed E-state index contributed by atoms with van der Waals surface area (Å²) in [6, 6.07) is 0. The zero-order valence-corrected chi connectivity index (χ0v) is 13.8. The molecule has 1 N–H and O–H groups in total. The lowest BCUT2D eigenvalue weighted by Gasteiger charge is -2.05. The van der Waals surface area contributed by atoms with Gasteiger partial charge in [0.05, 0.1) is 0 Å². The third-order valence-electron chi connectivity index (χ3n) is 3.06. The number of H-pyrrole nitrogens is 1. The van der Waals surface area contributed by atoms with Crippen molar-refractivity contribution >= 4 is 47.4 Å². The first kappa shape index (κ1) is 14.7. The van der Waals surface area contributed by atoms with Gasteiger partial charge in [-0.1, -0.05) is 43.7 Å². The van der Waals surface area contributed by atoms with Gasteiger partial charge in [0.25, 0.3) is 0 Å². The van der Waals surface area contributed by atoms with Gasteiger partial charge in [-0.05, 0) is 18.6 Å². The predicted octanol–water partition coefficient (Wildman–Crippen LogP) is 3.98. The van der Waals surface area contributed by atoms with Crippen molar-refractivity contribution in [3.05, 3.63) is 9.41 Å². The average molecular weight is 315 g/mol. The molecule has 104 valence electrons. The number of nitrogens with zero attached hydrogens (tertiary/aromatic N) is 3. The van der Waals surface area contributed by atoms with Crippen molar-refractivity contribution in [1.82, 2.24) is 19.1 Å². The van der Waals surface area contributed by atoms with E-state index in [2.05, 4.69) is 16.9 Å². The summed E-state index contributed by atoms with van der Waals surface area (Å²) in [7, 11) is 3.81. The number of nitrogens with one attached hydrogen (secondary N) is 1. The fraction of sp³-hybridized carbons (Fsp3) is 0.583. The van der Waals surface area contributed by atoms with Crippen LogP contribution in [0.2, 0.25) is 0 Å². The first-order valence-electron chi connectivity index (χ1n) is 6.34. The van der Waals surface area contributed by atoms with Crippen LogP contribution in [0.15, 0.2) is 5.16 Å². The van der Waals surface area contributed by atoms with Gasteiger partial charge in [-0.3, -0.25) is 0 Å². The highest BCUT2D eigenvalue weighted by Gasteiger charge is 2.09. The Labute approximate surface area is 127 Å². The number of imidazole rings is 1. The van der Waals surface area contributed by atoms with Crippen LogP contribution in [0.5, 0.6) is 0 Å². The summed E-state index contributed by atoms with van der Waals surface area (Å²) in [5.74, 6) is 1.08. The van der Waals surface area contributed by atoms with Crippen molar-refractivity contribution in [2.75, 3.05) is 5.75 Å². The van der Waals surface area contributed by atoms with Gasteiger partial charge in [0.1, 0.15) is 10.2 Å². The predicted molar refractivity (Wildman–Crippen MR) is 86.0 cm³/mol. The van der Waals surface area contributed by atoms with E-state index in [1.54, 1.807) is 11.8 Å². The van der Waals surface area contributed by atoms with Crippen molar-refractivity contribution in [3.8, 4) is 0 Å². The third kappa shape index (κ3) is 2.93. The van der Waals surface area contributed by atoms with Crippen LogP contribution in [0.25, 0.3) is 11.2 Å². The lowest BCUT2D eigenvalue weighted by Crippen LogP contribution is -2.05. The van der Waals surface area contributed by atoms with Gasteiger partial charge in [0.2, 0.25) is 0 Å². The first-order valence-corrected chi connectivity index (χ1v) is 8.15. The molecule has 19 heavy (non-hydrogen) atoms. The number of aromatic amines is 1. The molecule has 4 nitrogen and oxygen atoms in total. The molecule has 0 amide bonds. The van der Waals surface area contributed by atoms with Crippen LogP contribution in [-0.4, -0.2) is 24.9 Å². The second kappa shape index (κ2) is 6.19. The van der Waals surface area contributed by atoms with Crippen molar-refractivity contribution in [1.29, 1.82) is 0 Å². The maximum absolute atomic E-state index is 5.41. The van der Waals surface area contributed by atoms with E-state index >= 15 is 0 Å². The Morgan fingerprint density at radius 1 is 1.21 bits per heavy atom. The Hall–Kier alpha value is -0.660. The lowest BCUT2D eigenvalue weighted by molar-refractivity contribution is 0.755. The topological polar surface area (TPSA) is 38.5 Å². The molecule has 0 aliphatic carbocycles. The Morgan fingerprint density at radius 2 is 1.95 bits per heavy atom. The molecule has 7 heteroatoms. The molecule has 0 atom stereocenters. The summed E-state index contributed by atoms with van der Waals surface area (Å²) in [4.78, 5) is 7.91. The molecule has 0 aliphatic rings. The summed E-state index contributed by atoms with van der Waals surface area (Å²) in [5.41, 5.74) is 1.73. The molecule has 0 fully saturated rings. The molecule has 2 heterocycles. The van der Waals surface area contributed by atoms with Crippen molar-refractivity contribution in [3.63, 3.8) is 0 Å². The number of rotatable bonds is 5. The standard InChI is InChI=1S/C12H18N4S3/c1-4-5-6-7-19-11-13-8-9(14-11)15(2)12(18)16(3)10(8)17/h4-7H2,1-3H3,(H,13,14). The molecule has 0 aromatic carbocycles. The van der Waals surface area contributed by atoms with Gasteiger partial charge in [0, 0.05) is 19.8 Å². The highest BCUT2D eigenvalue weighted by Crippen LogP contribution is 2.21. The molecule has 2 aromatic rings. The van der Waals surface area contributed by atoms with Gasteiger partial charge in [-0.25, -0.2) is 4.98 Å². The van der Waals surface area contributed by atoms with Gasteiger partial charge >= 0.3 is 0 Å². The summed E-state index contributed by atoms with van der Waals surface area (Å²) >= 11 is 12.5. The monoisotopic (exact) mass is 314 g/mol. The number of aryl methyl sites for hydroxylation is 1. The molecule has 0 bridgehead atoms. The maximum Gasteiger partial charge on any atom is 0.182 e. The molecule has 2 aromatic heterocycles. The number of unbranched alkanes of at least 4 members (excludes halogenated alkanes) is 2. The summed E-state index contributed by atoms with van der Waals surface area (Å²) < 4.78 is 5.13. The van der Waals surface area contributed by atoms with Crippen LogP contribution in [0.4, 0.5) is 0 Å². The normalized spacial score (nSPS) is 11.3. The fourth-order valence-electron chi connectivity index (χ4n) is 1.89. The van der Waals surface area contributed by atoms with Crippen molar-refractivity contribution in [2.24, 2.45) is 14.1 Å². The van der Waals surface area contributed by atoms with Gasteiger partial charge in [0.15, 0.2) is 15.6 Å². The molecule has 2 rings (SSSR count). The molecule has 0 saturated carbocycles. The minimum atomic E-state index is 0.687. The number of fused-ring (bicyclic) bond motifs is 1. The van der Waals surface area contributed by atoms with Gasteiger partial charge in [-0.15, -0.1) is 0 Å². The Kier molecular flexibility index (Phi) is 4.81. The molecule has 0 aliphatic heterocycles. The Morgan fingerprint density at radius 3 is 2.63 bits per heavy atom. The number of hydrogen-bond donors (Lipinski definition) is 1. The first-order chi connectivity index (χ1) is 9.06. The zero-order chi connectivity index (χ0) is 14.0. The zero-order valence-electron chi connectivity index (χ0n) is 11.4. The van der Waals surface area contributed by atoms with E-state index in [1.807, 2.05) is 23.2 Å². The van der Waals surface area contributed by atoms with Crippen LogP contribution in [0, 0.1) is 9.41 Å². The second-order valence-corrected chi connectivity index (χ2v) is 6.34. The molecular weight excluding hydrogens is 296 g/mol. The summed E-state index contributed by atoms with van der Waals surface area (Å²) in [5, 5.41) is 0.924. The fourth-order valence-corrected chi connectivity index (χ4v) is 3.23. The largest absolute Gasteiger partial charge is 0.329 e. The highest BCUT2D eigenvalue weighted by atomic mass is 32.2. The van der Waals surface area contributed by atoms with E-state index in [9.17, 15) is 0 Å². The second-order valence-electron chi connectivity index (χ2n) is 4.50. The van der Waals surface area contributed by atoms with E-state index in [0.717, 1.165) is 22.1 Å². The SMILES string of the molecule is CCCCCSc1nc2c([nH]1)c(=S)n(C)c(=S)n2C. The van der Waals surface area contributed by atoms with E-state index < -0.39 is 0 Å². The van der Waals surface area contributed by atoms with E-state index in [1.165, 1.54) is 19.3 Å². The van der Waals surface area contributed by atoms with E-state index in [0.29, 0.717) is 9.41 Å². The van der Waals surface area contributed by atoms with Crippen LogP contribution in [-0.2, 0) is 14.1 Å². The minimum Gasteiger partial charge on any atom is -0.329 e. The number of thioether (sulfide) groups is 1. The van der Waals surface area contributed by atoms with E-state index in [-0.39, 0.29) is 0 Å². The molecule has 0 unspecified atom stereocenters. The Balaban J connectivity index is 2.36. The number of hydrogen-bond acceptors (Lipinski definition) is 4. The molecule has 0 spiro atoms. The van der Waals surface area contributed by atoms with Crippen molar-refractivity contribution < 1.29 is 0 Å². The van der Waals surface area contributed by atoms with Crippen molar-refractivity contribution in [2.45, 2.75) is 31.3 Å². The van der Waals surface area contributed by atoms with Gasteiger partial charge < -0.3 is 14.1 Å². The minimum absolute atomic E-state index is 0.687.